The van der Waals surface area contributed by atoms with Crippen molar-refractivity contribution in [2.75, 3.05) is 0 Å². The van der Waals surface area contributed by atoms with Gasteiger partial charge in [0.1, 0.15) is 0 Å². The predicted octanol–water partition coefficient (Wildman–Crippen LogP) is 4.99. The van der Waals surface area contributed by atoms with Gasteiger partial charge >= 0.3 is 0 Å². The first-order chi connectivity index (χ1) is 8.91. The number of rotatable bonds is 3. The molecule has 2 aromatic rings. The Morgan fingerprint density at radius 1 is 1.05 bits per heavy atom. The average molecular weight is 257 g/mol. The van der Waals surface area contributed by atoms with Gasteiger partial charge < -0.3 is 0 Å². The van der Waals surface area contributed by atoms with Gasteiger partial charge in [0.15, 0.2) is 0 Å². The first-order valence-corrected chi connectivity index (χ1v) is 6.62. The van der Waals surface area contributed by atoms with Crippen LogP contribution in [0.2, 0.25) is 0 Å². The second-order valence-electron chi connectivity index (χ2n) is 5.55. The molecule has 0 aliphatic heterocycles. The van der Waals surface area contributed by atoms with Crippen LogP contribution in [0.1, 0.15) is 50.7 Å². The van der Waals surface area contributed by atoms with Crippen LogP contribution in [0.25, 0.3) is 10.8 Å². The first-order valence-electron chi connectivity index (χ1n) is 6.62. The number of nitro benzene ring substituents is 1. The van der Waals surface area contributed by atoms with E-state index in [1.165, 1.54) is 5.56 Å². The lowest BCUT2D eigenvalue weighted by Crippen LogP contribution is -1.98. The van der Waals surface area contributed by atoms with Gasteiger partial charge in [0, 0.05) is 6.07 Å². The molecule has 0 radical (unpaired) electrons. The van der Waals surface area contributed by atoms with E-state index in [2.05, 4.69) is 39.8 Å². The standard InChI is InChI=1S/C16H19NO2/c1-10(2)13-8-12-6-5-7-15(17(18)19)16(12)14(9-13)11(3)4/h5-11H,1-4H3. The lowest BCUT2D eigenvalue weighted by atomic mass is 9.89. The van der Waals surface area contributed by atoms with Crippen molar-refractivity contribution in [1.82, 2.24) is 0 Å². The van der Waals surface area contributed by atoms with Gasteiger partial charge in [0.2, 0.25) is 0 Å². The van der Waals surface area contributed by atoms with Crippen LogP contribution in [-0.4, -0.2) is 4.92 Å². The Bertz CT molecular complexity index is 630. The molecule has 0 aliphatic rings. The summed E-state index contributed by atoms with van der Waals surface area (Å²) >= 11 is 0. The number of fused-ring (bicyclic) bond motifs is 1. The molecule has 3 nitrogen and oxygen atoms in total. The van der Waals surface area contributed by atoms with Crippen molar-refractivity contribution in [1.29, 1.82) is 0 Å². The van der Waals surface area contributed by atoms with Crippen molar-refractivity contribution in [2.24, 2.45) is 0 Å². The zero-order chi connectivity index (χ0) is 14.2. The maximum Gasteiger partial charge on any atom is 0.277 e. The lowest BCUT2D eigenvalue weighted by Gasteiger charge is -2.15. The minimum atomic E-state index is -0.288. The Hall–Kier alpha value is -1.90. The third kappa shape index (κ3) is 2.46. The van der Waals surface area contributed by atoms with Crippen molar-refractivity contribution < 1.29 is 4.92 Å². The van der Waals surface area contributed by atoms with Gasteiger partial charge in [0.25, 0.3) is 5.69 Å². The zero-order valence-electron chi connectivity index (χ0n) is 11.8. The van der Waals surface area contributed by atoms with Crippen LogP contribution in [-0.2, 0) is 0 Å². The third-order valence-corrected chi connectivity index (χ3v) is 3.49. The molecular weight excluding hydrogens is 238 g/mol. The lowest BCUT2D eigenvalue weighted by molar-refractivity contribution is -0.383. The Balaban J connectivity index is 2.87. The van der Waals surface area contributed by atoms with E-state index in [9.17, 15) is 10.1 Å². The summed E-state index contributed by atoms with van der Waals surface area (Å²) in [7, 11) is 0. The van der Waals surface area contributed by atoms with Gasteiger partial charge in [-0.25, -0.2) is 0 Å². The highest BCUT2D eigenvalue weighted by Crippen LogP contribution is 2.35. The monoisotopic (exact) mass is 257 g/mol. The fourth-order valence-electron chi connectivity index (χ4n) is 2.41. The largest absolute Gasteiger partial charge is 0.277 e. The Labute approximate surface area is 113 Å². The normalized spacial score (nSPS) is 11.5. The van der Waals surface area contributed by atoms with Gasteiger partial charge in [-0.05, 0) is 28.3 Å². The van der Waals surface area contributed by atoms with E-state index in [-0.39, 0.29) is 16.5 Å². The molecule has 0 spiro atoms. The molecule has 0 saturated carbocycles. The Morgan fingerprint density at radius 2 is 1.74 bits per heavy atom. The van der Waals surface area contributed by atoms with Crippen LogP contribution in [0.4, 0.5) is 5.69 Å². The highest BCUT2D eigenvalue weighted by Gasteiger charge is 2.18. The minimum absolute atomic E-state index is 0.205. The Kier molecular flexibility index (Phi) is 3.56. The summed E-state index contributed by atoms with van der Waals surface area (Å²) in [6, 6.07) is 9.49. The van der Waals surface area contributed by atoms with Crippen molar-refractivity contribution >= 4 is 16.5 Å². The predicted molar refractivity (Wildman–Crippen MR) is 78.8 cm³/mol. The second-order valence-corrected chi connectivity index (χ2v) is 5.55. The molecule has 0 bridgehead atoms. The smallest absolute Gasteiger partial charge is 0.258 e. The van der Waals surface area contributed by atoms with Crippen LogP contribution in [0.3, 0.4) is 0 Å². The Morgan fingerprint density at radius 3 is 2.26 bits per heavy atom. The maximum atomic E-state index is 11.2. The summed E-state index contributed by atoms with van der Waals surface area (Å²) in [4.78, 5) is 10.9. The summed E-state index contributed by atoms with van der Waals surface area (Å²) in [6.45, 7) is 8.44. The van der Waals surface area contributed by atoms with Crippen LogP contribution in [0.5, 0.6) is 0 Å². The summed E-state index contributed by atoms with van der Waals surface area (Å²) in [5.41, 5.74) is 2.50. The molecule has 3 heteroatoms. The summed E-state index contributed by atoms with van der Waals surface area (Å²) in [5, 5.41) is 13.0. The SMILES string of the molecule is CC(C)c1cc(C(C)C)c2c([N+](=O)[O-])cccc2c1. The molecule has 19 heavy (non-hydrogen) atoms. The van der Waals surface area contributed by atoms with Crippen LogP contribution in [0, 0.1) is 10.1 Å². The molecule has 0 unspecified atom stereocenters. The third-order valence-electron chi connectivity index (χ3n) is 3.49. The number of benzene rings is 2. The number of non-ortho nitro benzene ring substituents is 1. The summed E-state index contributed by atoms with van der Waals surface area (Å²) in [6.07, 6.45) is 0. The quantitative estimate of drug-likeness (QED) is 0.574. The summed E-state index contributed by atoms with van der Waals surface area (Å²) < 4.78 is 0. The molecule has 0 fully saturated rings. The fourth-order valence-corrected chi connectivity index (χ4v) is 2.41. The van der Waals surface area contributed by atoms with Gasteiger partial charge in [-0.15, -0.1) is 0 Å². The van der Waals surface area contributed by atoms with E-state index in [0.717, 1.165) is 16.3 Å². The molecule has 0 aromatic heterocycles. The van der Waals surface area contributed by atoms with Gasteiger partial charge in [-0.2, -0.15) is 0 Å². The van der Waals surface area contributed by atoms with Crippen molar-refractivity contribution in [3.63, 3.8) is 0 Å². The van der Waals surface area contributed by atoms with Crippen molar-refractivity contribution in [3.8, 4) is 0 Å². The van der Waals surface area contributed by atoms with Gasteiger partial charge in [-0.3, -0.25) is 10.1 Å². The number of nitrogens with zero attached hydrogens (tertiary/aromatic N) is 1. The zero-order valence-corrected chi connectivity index (χ0v) is 11.8. The molecule has 2 aromatic carbocycles. The highest BCUT2D eigenvalue weighted by atomic mass is 16.6. The van der Waals surface area contributed by atoms with E-state index in [1.54, 1.807) is 12.1 Å². The topological polar surface area (TPSA) is 43.1 Å². The number of hydrogen-bond donors (Lipinski definition) is 0. The van der Waals surface area contributed by atoms with E-state index in [1.807, 2.05) is 6.07 Å². The molecule has 100 valence electrons. The minimum Gasteiger partial charge on any atom is -0.258 e. The van der Waals surface area contributed by atoms with Gasteiger partial charge in [-0.1, -0.05) is 52.0 Å². The van der Waals surface area contributed by atoms with E-state index >= 15 is 0 Å². The molecule has 0 heterocycles. The molecule has 0 N–H and O–H groups in total. The van der Waals surface area contributed by atoms with E-state index in [0.29, 0.717) is 5.92 Å². The van der Waals surface area contributed by atoms with Crippen LogP contribution < -0.4 is 0 Å². The highest BCUT2D eigenvalue weighted by molar-refractivity contribution is 5.94. The average Bonchev–Trinajstić information content (AvgIpc) is 2.36. The van der Waals surface area contributed by atoms with Crippen molar-refractivity contribution in [3.05, 3.63) is 51.6 Å². The van der Waals surface area contributed by atoms with Crippen molar-refractivity contribution in [2.45, 2.75) is 39.5 Å². The fraction of sp³-hybridized carbons (Fsp3) is 0.375. The molecular formula is C16H19NO2. The number of hydrogen-bond acceptors (Lipinski definition) is 2. The van der Waals surface area contributed by atoms with Crippen LogP contribution in [0.15, 0.2) is 30.3 Å². The summed E-state index contributed by atoms with van der Waals surface area (Å²) in [5.74, 6) is 0.684. The molecule has 0 atom stereocenters. The van der Waals surface area contributed by atoms with Crippen LogP contribution >= 0.6 is 0 Å². The molecule has 0 aliphatic carbocycles. The maximum absolute atomic E-state index is 11.2. The number of nitro groups is 1. The van der Waals surface area contributed by atoms with Gasteiger partial charge in [0.05, 0.1) is 10.3 Å². The second kappa shape index (κ2) is 5.00. The van der Waals surface area contributed by atoms with E-state index in [4.69, 9.17) is 0 Å². The first kappa shape index (κ1) is 13.5. The van der Waals surface area contributed by atoms with E-state index < -0.39 is 0 Å². The molecule has 0 saturated heterocycles. The molecule has 0 amide bonds. The molecule has 2 rings (SSSR count).